The van der Waals surface area contributed by atoms with Crippen LogP contribution in [0.1, 0.15) is 39.5 Å². The number of nitrogens with one attached hydrogen (secondary N) is 2. The van der Waals surface area contributed by atoms with Crippen LogP contribution < -0.4 is 10.6 Å². The smallest absolute Gasteiger partial charge is 0.234 e. The summed E-state index contributed by atoms with van der Waals surface area (Å²) < 4.78 is 0. The van der Waals surface area contributed by atoms with Crippen LogP contribution in [0.15, 0.2) is 0 Å². The molecule has 4 heteroatoms. The van der Waals surface area contributed by atoms with E-state index in [-0.39, 0.29) is 11.9 Å². The Morgan fingerprint density at radius 1 is 1.19 bits per heavy atom. The van der Waals surface area contributed by atoms with Gasteiger partial charge in [-0.1, -0.05) is 12.8 Å². The van der Waals surface area contributed by atoms with E-state index >= 15 is 0 Å². The lowest BCUT2D eigenvalue weighted by molar-refractivity contribution is -0.120. The van der Waals surface area contributed by atoms with Crippen LogP contribution in [0, 0.1) is 0 Å². The first-order valence-electron chi connectivity index (χ1n) is 6.16. The van der Waals surface area contributed by atoms with Crippen LogP contribution in [-0.2, 0) is 4.79 Å². The highest BCUT2D eigenvalue weighted by Crippen LogP contribution is 2.03. The highest BCUT2D eigenvalue weighted by atomic mass is 32.2. The summed E-state index contributed by atoms with van der Waals surface area (Å²) >= 11 is 1.91. The molecule has 1 amide bonds. The fourth-order valence-electron chi connectivity index (χ4n) is 1.42. The quantitative estimate of drug-likeness (QED) is 0.580. The third kappa shape index (κ3) is 11.9. The average molecular weight is 246 g/mol. The standard InChI is InChI=1S/C12H26N2OS/c1-11(2)14-12(15)10-13-8-6-4-5-7-9-16-3/h11,13H,4-10H2,1-3H3,(H,14,15). The molecule has 0 rings (SSSR count). The van der Waals surface area contributed by atoms with Crippen molar-refractivity contribution in [2.75, 3.05) is 25.1 Å². The lowest BCUT2D eigenvalue weighted by Gasteiger charge is -2.08. The van der Waals surface area contributed by atoms with Gasteiger partial charge in [0, 0.05) is 6.04 Å². The SMILES string of the molecule is CSCCCCCCNCC(=O)NC(C)C. The molecule has 0 spiro atoms. The summed E-state index contributed by atoms with van der Waals surface area (Å²) in [5.41, 5.74) is 0. The normalized spacial score (nSPS) is 10.8. The Morgan fingerprint density at radius 2 is 1.88 bits per heavy atom. The van der Waals surface area contributed by atoms with Crippen molar-refractivity contribution in [1.82, 2.24) is 10.6 Å². The van der Waals surface area contributed by atoms with E-state index < -0.39 is 0 Å². The zero-order chi connectivity index (χ0) is 12.2. The monoisotopic (exact) mass is 246 g/mol. The molecule has 0 fully saturated rings. The van der Waals surface area contributed by atoms with E-state index in [4.69, 9.17) is 0 Å². The van der Waals surface area contributed by atoms with E-state index in [0.29, 0.717) is 6.54 Å². The maximum Gasteiger partial charge on any atom is 0.234 e. The second kappa shape index (κ2) is 11.3. The molecule has 0 unspecified atom stereocenters. The van der Waals surface area contributed by atoms with Gasteiger partial charge in [0.2, 0.25) is 5.91 Å². The molecule has 0 aliphatic carbocycles. The van der Waals surface area contributed by atoms with Gasteiger partial charge >= 0.3 is 0 Å². The fraction of sp³-hybridized carbons (Fsp3) is 0.917. The molecule has 0 radical (unpaired) electrons. The van der Waals surface area contributed by atoms with Gasteiger partial charge in [0.05, 0.1) is 6.54 Å². The van der Waals surface area contributed by atoms with Gasteiger partial charge in [-0.05, 0) is 45.2 Å². The summed E-state index contributed by atoms with van der Waals surface area (Å²) in [4.78, 5) is 11.3. The predicted molar refractivity (Wildman–Crippen MR) is 73.0 cm³/mol. The van der Waals surface area contributed by atoms with Gasteiger partial charge in [-0.3, -0.25) is 4.79 Å². The summed E-state index contributed by atoms with van der Waals surface area (Å²) in [5, 5.41) is 6.02. The molecule has 0 aromatic heterocycles. The molecule has 0 aromatic carbocycles. The number of hydrogen-bond donors (Lipinski definition) is 2. The molecule has 2 N–H and O–H groups in total. The van der Waals surface area contributed by atoms with Crippen molar-refractivity contribution in [3.8, 4) is 0 Å². The molecule has 0 saturated carbocycles. The van der Waals surface area contributed by atoms with Crippen molar-refractivity contribution in [1.29, 1.82) is 0 Å². The molecular weight excluding hydrogens is 220 g/mol. The van der Waals surface area contributed by atoms with Gasteiger partial charge < -0.3 is 10.6 Å². The van der Waals surface area contributed by atoms with Crippen molar-refractivity contribution >= 4 is 17.7 Å². The summed E-state index contributed by atoms with van der Waals surface area (Å²) in [6, 6.07) is 0.237. The minimum atomic E-state index is 0.0948. The van der Waals surface area contributed by atoms with E-state index in [2.05, 4.69) is 16.9 Å². The van der Waals surface area contributed by atoms with Crippen LogP contribution in [0.25, 0.3) is 0 Å². The molecule has 3 nitrogen and oxygen atoms in total. The van der Waals surface area contributed by atoms with Crippen molar-refractivity contribution in [3.63, 3.8) is 0 Å². The first kappa shape index (κ1) is 15.8. The molecule has 0 atom stereocenters. The Morgan fingerprint density at radius 3 is 2.50 bits per heavy atom. The maximum atomic E-state index is 11.3. The largest absolute Gasteiger partial charge is 0.353 e. The lowest BCUT2D eigenvalue weighted by atomic mass is 10.2. The van der Waals surface area contributed by atoms with Crippen LogP contribution >= 0.6 is 11.8 Å². The van der Waals surface area contributed by atoms with Crippen molar-refractivity contribution in [3.05, 3.63) is 0 Å². The number of unbranched alkanes of at least 4 members (excludes halogenated alkanes) is 3. The third-order valence-corrected chi connectivity index (χ3v) is 2.88. The van der Waals surface area contributed by atoms with Gasteiger partial charge in [0.1, 0.15) is 0 Å². The number of hydrogen-bond acceptors (Lipinski definition) is 3. The minimum absolute atomic E-state index is 0.0948. The molecule has 0 bridgehead atoms. The molecule has 0 saturated heterocycles. The van der Waals surface area contributed by atoms with Crippen LogP contribution in [0.2, 0.25) is 0 Å². The van der Waals surface area contributed by atoms with Gasteiger partial charge in [-0.25, -0.2) is 0 Å². The summed E-state index contributed by atoms with van der Waals surface area (Å²) in [5.74, 6) is 1.36. The fourth-order valence-corrected chi connectivity index (χ4v) is 1.92. The molecule has 0 aliphatic heterocycles. The van der Waals surface area contributed by atoms with Crippen LogP contribution in [-0.4, -0.2) is 37.0 Å². The Bertz CT molecular complexity index is 174. The number of rotatable bonds is 10. The molecular formula is C12H26N2OS. The zero-order valence-corrected chi connectivity index (χ0v) is 11.7. The molecule has 0 heterocycles. The van der Waals surface area contributed by atoms with E-state index in [1.807, 2.05) is 25.6 Å². The van der Waals surface area contributed by atoms with Crippen molar-refractivity contribution in [2.24, 2.45) is 0 Å². The Balaban J connectivity index is 3.11. The summed E-state index contributed by atoms with van der Waals surface area (Å²) in [7, 11) is 0. The van der Waals surface area contributed by atoms with Crippen molar-refractivity contribution in [2.45, 2.75) is 45.6 Å². The van der Waals surface area contributed by atoms with E-state index in [9.17, 15) is 4.79 Å². The zero-order valence-electron chi connectivity index (χ0n) is 10.8. The van der Waals surface area contributed by atoms with Gasteiger partial charge in [0.15, 0.2) is 0 Å². The van der Waals surface area contributed by atoms with Gasteiger partial charge in [-0.2, -0.15) is 11.8 Å². The molecule has 0 aromatic rings. The first-order chi connectivity index (χ1) is 7.66. The number of amides is 1. The van der Waals surface area contributed by atoms with Crippen LogP contribution in [0.4, 0.5) is 0 Å². The second-order valence-electron chi connectivity index (χ2n) is 4.31. The number of carbonyl (C=O) groups excluding carboxylic acids is 1. The molecule has 0 aliphatic rings. The lowest BCUT2D eigenvalue weighted by Crippen LogP contribution is -2.37. The van der Waals surface area contributed by atoms with Crippen molar-refractivity contribution < 1.29 is 4.79 Å². The highest BCUT2D eigenvalue weighted by Gasteiger charge is 2.01. The molecule has 16 heavy (non-hydrogen) atoms. The van der Waals surface area contributed by atoms with Gasteiger partial charge in [-0.15, -0.1) is 0 Å². The Hall–Kier alpha value is -0.220. The third-order valence-electron chi connectivity index (χ3n) is 2.19. The van der Waals surface area contributed by atoms with E-state index in [1.54, 1.807) is 0 Å². The van der Waals surface area contributed by atoms with E-state index in [0.717, 1.165) is 6.54 Å². The summed E-state index contributed by atoms with van der Waals surface area (Å²) in [6.07, 6.45) is 7.20. The van der Waals surface area contributed by atoms with Gasteiger partial charge in [0.25, 0.3) is 0 Å². The number of thioether (sulfide) groups is 1. The van der Waals surface area contributed by atoms with Crippen LogP contribution in [0.3, 0.4) is 0 Å². The van der Waals surface area contributed by atoms with Crippen LogP contribution in [0.5, 0.6) is 0 Å². The minimum Gasteiger partial charge on any atom is -0.353 e. The molecule has 96 valence electrons. The predicted octanol–water partition coefficient (Wildman–Crippen LogP) is 2.02. The maximum absolute atomic E-state index is 11.3. The average Bonchev–Trinajstić information content (AvgIpc) is 2.21. The van der Waals surface area contributed by atoms with E-state index in [1.165, 1.54) is 31.4 Å². The second-order valence-corrected chi connectivity index (χ2v) is 5.29. The topological polar surface area (TPSA) is 41.1 Å². The Kier molecular flexibility index (Phi) is 11.1. The number of carbonyl (C=O) groups is 1. The first-order valence-corrected chi connectivity index (χ1v) is 7.55. The highest BCUT2D eigenvalue weighted by molar-refractivity contribution is 7.98. The summed E-state index contributed by atoms with van der Waals surface area (Å²) in [6.45, 7) is 5.35. The Labute approximate surface area is 104 Å².